The van der Waals surface area contributed by atoms with Crippen molar-refractivity contribution in [3.05, 3.63) is 59.2 Å². The fraction of sp³-hybridized carbons (Fsp3) is 0.595. The van der Waals surface area contributed by atoms with E-state index in [1.807, 2.05) is 35.2 Å². The minimum Gasteiger partial charge on any atom is -0.493 e. The first kappa shape index (κ1) is 34.3. The molecule has 0 spiro atoms. The van der Waals surface area contributed by atoms with E-state index in [4.69, 9.17) is 18.9 Å². The predicted octanol–water partition coefficient (Wildman–Crippen LogP) is 9.38. The third-order valence-corrected chi connectivity index (χ3v) is 8.60. The highest BCUT2D eigenvalue weighted by Gasteiger charge is 2.32. The smallest absolute Gasteiger partial charge is 0.223 e. The molecular formula is C37H55NO5. The molecule has 3 rings (SSSR count). The van der Waals surface area contributed by atoms with Gasteiger partial charge in [0.05, 0.1) is 34.5 Å². The largest absolute Gasteiger partial charge is 0.493 e. The van der Waals surface area contributed by atoms with Gasteiger partial charge < -0.3 is 23.8 Å². The van der Waals surface area contributed by atoms with Crippen LogP contribution in [0.3, 0.4) is 0 Å². The Hall–Kier alpha value is -3.15. The van der Waals surface area contributed by atoms with E-state index in [9.17, 15) is 4.79 Å². The maximum atomic E-state index is 13.7. The molecule has 0 aromatic heterocycles. The number of ether oxygens (including phenoxy) is 4. The van der Waals surface area contributed by atoms with Crippen LogP contribution in [-0.4, -0.2) is 39.2 Å². The molecule has 1 aliphatic heterocycles. The van der Waals surface area contributed by atoms with Crippen LogP contribution in [0, 0.1) is 0 Å². The van der Waals surface area contributed by atoms with Gasteiger partial charge in [-0.05, 0) is 79.5 Å². The SMILES string of the molecule is CCCCCCCC/C=C\CCCCCCCC(=O)N1Cc2cc(OC)c(OC)cc2CC1c1ccc(OC)c(OC)c1. The maximum Gasteiger partial charge on any atom is 0.223 e. The number of amides is 1. The summed E-state index contributed by atoms with van der Waals surface area (Å²) in [7, 11) is 6.58. The first-order valence-corrected chi connectivity index (χ1v) is 16.5. The molecule has 6 heteroatoms. The molecule has 1 aliphatic rings. The van der Waals surface area contributed by atoms with Crippen molar-refractivity contribution in [2.24, 2.45) is 0 Å². The first-order chi connectivity index (χ1) is 21.1. The van der Waals surface area contributed by atoms with Crippen LogP contribution in [0.4, 0.5) is 0 Å². The Labute approximate surface area is 260 Å². The predicted molar refractivity (Wildman–Crippen MR) is 176 cm³/mol. The molecular weight excluding hydrogens is 538 g/mol. The minimum absolute atomic E-state index is 0.0963. The van der Waals surface area contributed by atoms with E-state index in [-0.39, 0.29) is 11.9 Å². The van der Waals surface area contributed by atoms with Crippen molar-refractivity contribution in [2.45, 2.75) is 116 Å². The van der Waals surface area contributed by atoms with Crippen LogP contribution >= 0.6 is 0 Å². The van der Waals surface area contributed by atoms with Crippen molar-refractivity contribution in [3.63, 3.8) is 0 Å². The molecule has 0 bridgehead atoms. The van der Waals surface area contributed by atoms with Crippen molar-refractivity contribution < 1.29 is 23.7 Å². The number of fused-ring (bicyclic) bond motifs is 1. The summed E-state index contributed by atoms with van der Waals surface area (Å²) in [4.78, 5) is 15.7. The monoisotopic (exact) mass is 593 g/mol. The van der Waals surface area contributed by atoms with Gasteiger partial charge in [-0.15, -0.1) is 0 Å². The third-order valence-electron chi connectivity index (χ3n) is 8.60. The Morgan fingerprint density at radius 3 is 1.84 bits per heavy atom. The molecule has 1 atom stereocenters. The lowest BCUT2D eigenvalue weighted by Crippen LogP contribution is -2.38. The van der Waals surface area contributed by atoms with Crippen LogP contribution in [0.15, 0.2) is 42.5 Å². The second-order valence-electron chi connectivity index (χ2n) is 11.7. The summed E-state index contributed by atoms with van der Waals surface area (Å²) in [5.74, 6) is 2.94. The molecule has 6 nitrogen and oxygen atoms in total. The summed E-state index contributed by atoms with van der Waals surface area (Å²) in [6.45, 7) is 2.81. The fourth-order valence-corrected chi connectivity index (χ4v) is 6.02. The van der Waals surface area contributed by atoms with Crippen molar-refractivity contribution in [1.29, 1.82) is 0 Å². The Balaban J connectivity index is 1.52. The lowest BCUT2D eigenvalue weighted by Gasteiger charge is -2.38. The van der Waals surface area contributed by atoms with Gasteiger partial charge in [0.2, 0.25) is 5.91 Å². The van der Waals surface area contributed by atoms with Crippen LogP contribution < -0.4 is 18.9 Å². The van der Waals surface area contributed by atoms with Gasteiger partial charge in [0.15, 0.2) is 23.0 Å². The molecule has 1 heterocycles. The third kappa shape index (κ3) is 10.5. The quantitative estimate of drug-likeness (QED) is 0.113. The van der Waals surface area contributed by atoms with Crippen molar-refractivity contribution in [1.82, 2.24) is 4.90 Å². The van der Waals surface area contributed by atoms with Crippen LogP contribution in [0.5, 0.6) is 23.0 Å². The molecule has 43 heavy (non-hydrogen) atoms. The molecule has 2 aromatic carbocycles. The first-order valence-electron chi connectivity index (χ1n) is 16.5. The number of methoxy groups -OCH3 is 4. The van der Waals surface area contributed by atoms with Crippen LogP contribution in [-0.2, 0) is 17.8 Å². The number of nitrogens with zero attached hydrogens (tertiary/aromatic N) is 1. The van der Waals surface area contributed by atoms with E-state index < -0.39 is 0 Å². The van der Waals surface area contributed by atoms with Gasteiger partial charge in [-0.2, -0.15) is 0 Å². The van der Waals surface area contributed by atoms with E-state index >= 15 is 0 Å². The Kier molecular flexibility index (Phi) is 15.3. The van der Waals surface area contributed by atoms with E-state index in [1.54, 1.807) is 28.4 Å². The van der Waals surface area contributed by atoms with Crippen molar-refractivity contribution in [2.75, 3.05) is 28.4 Å². The molecule has 0 saturated heterocycles. The zero-order valence-electron chi connectivity index (χ0n) is 27.4. The number of unbranched alkanes of at least 4 members (excludes halogenated alkanes) is 11. The van der Waals surface area contributed by atoms with Crippen molar-refractivity contribution >= 4 is 5.91 Å². The van der Waals surface area contributed by atoms with Crippen LogP contribution in [0.2, 0.25) is 0 Å². The molecule has 1 unspecified atom stereocenters. The summed E-state index contributed by atoms with van der Waals surface area (Å²) in [5, 5.41) is 0. The summed E-state index contributed by atoms with van der Waals surface area (Å²) < 4.78 is 22.2. The summed E-state index contributed by atoms with van der Waals surface area (Å²) in [5.41, 5.74) is 3.31. The fourth-order valence-electron chi connectivity index (χ4n) is 6.02. The van der Waals surface area contributed by atoms with Crippen LogP contribution in [0.25, 0.3) is 0 Å². The molecule has 2 aromatic rings. The second kappa shape index (κ2) is 19.2. The Morgan fingerprint density at radius 1 is 0.698 bits per heavy atom. The Bertz CT molecular complexity index is 1140. The average Bonchev–Trinajstić information content (AvgIpc) is 3.04. The van der Waals surface area contributed by atoms with Gasteiger partial charge >= 0.3 is 0 Å². The van der Waals surface area contributed by atoms with E-state index in [0.29, 0.717) is 42.4 Å². The van der Waals surface area contributed by atoms with Crippen LogP contribution in [0.1, 0.15) is 120 Å². The Morgan fingerprint density at radius 2 is 1.23 bits per heavy atom. The highest BCUT2D eigenvalue weighted by molar-refractivity contribution is 5.77. The molecule has 238 valence electrons. The van der Waals surface area contributed by atoms with Gasteiger partial charge in [-0.1, -0.05) is 76.5 Å². The molecule has 0 radical (unpaired) electrons. The molecule has 1 amide bonds. The number of allylic oxidation sites excluding steroid dienone is 2. The number of rotatable bonds is 20. The number of hydrogen-bond donors (Lipinski definition) is 0. The van der Waals surface area contributed by atoms with Gasteiger partial charge in [0, 0.05) is 13.0 Å². The number of hydrogen-bond acceptors (Lipinski definition) is 5. The van der Waals surface area contributed by atoms with Gasteiger partial charge in [0.1, 0.15) is 0 Å². The zero-order valence-corrected chi connectivity index (χ0v) is 27.4. The number of carbonyl (C=O) groups is 1. The molecule has 0 fully saturated rings. The van der Waals surface area contributed by atoms with Gasteiger partial charge in [0.25, 0.3) is 0 Å². The second-order valence-corrected chi connectivity index (χ2v) is 11.7. The number of carbonyl (C=O) groups excluding carboxylic acids is 1. The average molecular weight is 594 g/mol. The maximum absolute atomic E-state index is 13.7. The lowest BCUT2D eigenvalue weighted by atomic mass is 9.88. The summed E-state index contributed by atoms with van der Waals surface area (Å²) >= 11 is 0. The van der Waals surface area contributed by atoms with Crippen molar-refractivity contribution in [3.8, 4) is 23.0 Å². The standard InChI is InChI=1S/C37H55NO5/c1-6-7-8-9-10-11-12-13-14-15-16-17-18-19-20-21-37(39)38-28-31-27-36(43-5)35(42-4)26-30(31)24-32(38)29-22-23-33(40-2)34(25-29)41-3/h13-14,22-23,25-27,32H,6-12,15-21,24,28H2,1-5H3/b14-13-. The van der Waals surface area contributed by atoms with E-state index in [0.717, 1.165) is 24.0 Å². The lowest BCUT2D eigenvalue weighted by molar-refractivity contribution is -0.135. The highest BCUT2D eigenvalue weighted by Crippen LogP contribution is 2.41. The zero-order chi connectivity index (χ0) is 30.9. The molecule has 0 N–H and O–H groups in total. The summed E-state index contributed by atoms with van der Waals surface area (Å²) in [6.07, 6.45) is 22.2. The normalized spacial score (nSPS) is 14.5. The van der Waals surface area contributed by atoms with Gasteiger partial charge in [-0.25, -0.2) is 0 Å². The number of benzene rings is 2. The topological polar surface area (TPSA) is 57.2 Å². The minimum atomic E-state index is -0.0963. The molecule has 0 aliphatic carbocycles. The summed E-state index contributed by atoms with van der Waals surface area (Å²) in [6, 6.07) is 9.93. The van der Waals surface area contributed by atoms with E-state index in [1.165, 1.54) is 76.2 Å². The molecule has 0 saturated carbocycles. The highest BCUT2D eigenvalue weighted by atomic mass is 16.5. The van der Waals surface area contributed by atoms with E-state index in [2.05, 4.69) is 19.1 Å². The van der Waals surface area contributed by atoms with Gasteiger partial charge in [-0.3, -0.25) is 4.79 Å².